The zero-order chi connectivity index (χ0) is 14.4. The van der Waals surface area contributed by atoms with Crippen molar-refractivity contribution in [3.05, 3.63) is 23.2 Å². The van der Waals surface area contributed by atoms with E-state index in [1.165, 1.54) is 14.2 Å². The van der Waals surface area contributed by atoms with Gasteiger partial charge in [-0.1, -0.05) is 6.92 Å². The number of likely N-dealkylation sites (N-methyl/N-ethyl adjacent to an activating group) is 1. The van der Waals surface area contributed by atoms with Crippen LogP contribution in [0.15, 0.2) is 10.5 Å². The van der Waals surface area contributed by atoms with Gasteiger partial charge in [-0.05, 0) is 19.5 Å². The maximum absolute atomic E-state index is 11.5. The molecule has 1 aromatic rings. The minimum atomic E-state index is -0.427. The molecule has 0 atom stereocenters. The highest BCUT2D eigenvalue weighted by Crippen LogP contribution is 2.17. The highest BCUT2D eigenvalue weighted by atomic mass is 16.5. The number of nitrogens with zero attached hydrogens (tertiary/aromatic N) is 1. The normalized spacial score (nSPS) is 10.6. The summed E-state index contributed by atoms with van der Waals surface area (Å²) in [6.45, 7) is 4.92. The van der Waals surface area contributed by atoms with Crippen molar-refractivity contribution in [3.8, 4) is 0 Å². The number of ether oxygens (including phenoxy) is 2. The van der Waals surface area contributed by atoms with Crippen molar-refractivity contribution < 1.29 is 23.5 Å². The second kappa shape index (κ2) is 6.94. The smallest absolute Gasteiger partial charge is 0.341 e. The first-order valence-corrected chi connectivity index (χ1v) is 5.98. The van der Waals surface area contributed by atoms with Crippen molar-refractivity contribution in [3.63, 3.8) is 0 Å². The molecule has 106 valence electrons. The number of esters is 2. The van der Waals surface area contributed by atoms with Crippen LogP contribution in [0.25, 0.3) is 0 Å². The molecule has 0 saturated heterocycles. The first-order valence-electron chi connectivity index (χ1n) is 5.98. The lowest BCUT2D eigenvalue weighted by Gasteiger charge is -2.16. The Labute approximate surface area is 112 Å². The second-order valence-corrected chi connectivity index (χ2v) is 4.05. The van der Waals surface area contributed by atoms with Gasteiger partial charge in [0.15, 0.2) is 0 Å². The van der Waals surface area contributed by atoms with Gasteiger partial charge in [0.25, 0.3) is 0 Å². The zero-order valence-corrected chi connectivity index (χ0v) is 11.7. The summed E-state index contributed by atoms with van der Waals surface area (Å²) in [4.78, 5) is 24.5. The Kier molecular flexibility index (Phi) is 5.57. The molecule has 0 saturated carbocycles. The van der Waals surface area contributed by atoms with E-state index in [0.29, 0.717) is 30.2 Å². The Morgan fingerprint density at radius 3 is 2.53 bits per heavy atom. The maximum atomic E-state index is 11.5. The van der Waals surface area contributed by atoms with Gasteiger partial charge in [-0.15, -0.1) is 0 Å². The number of carbonyl (C=O) groups excluding carboxylic acids is 2. The third kappa shape index (κ3) is 4.10. The van der Waals surface area contributed by atoms with Gasteiger partial charge >= 0.3 is 11.9 Å². The lowest BCUT2D eigenvalue weighted by atomic mass is 10.2. The van der Waals surface area contributed by atoms with E-state index in [1.807, 2.05) is 11.8 Å². The van der Waals surface area contributed by atoms with Crippen LogP contribution in [0.5, 0.6) is 0 Å². The highest BCUT2D eigenvalue weighted by Gasteiger charge is 2.17. The largest absolute Gasteiger partial charge is 0.468 e. The molecule has 6 heteroatoms. The number of hydrogen-bond acceptors (Lipinski definition) is 6. The standard InChI is InChI=1S/C13H19NO5/c1-5-14(8-12(15)17-3)7-10-6-11(9(2)19-10)13(16)18-4/h6H,5,7-8H2,1-4H3. The summed E-state index contributed by atoms with van der Waals surface area (Å²) in [5, 5.41) is 0. The Morgan fingerprint density at radius 2 is 2.00 bits per heavy atom. The van der Waals surface area contributed by atoms with Crippen LogP contribution in [0.1, 0.15) is 28.8 Å². The minimum Gasteiger partial charge on any atom is -0.468 e. The molecule has 0 bridgehead atoms. The lowest BCUT2D eigenvalue weighted by Crippen LogP contribution is -2.29. The van der Waals surface area contributed by atoms with Gasteiger partial charge in [-0.3, -0.25) is 9.69 Å². The number of carbonyl (C=O) groups is 2. The van der Waals surface area contributed by atoms with Gasteiger partial charge in [-0.2, -0.15) is 0 Å². The molecule has 1 rings (SSSR count). The molecular formula is C13H19NO5. The van der Waals surface area contributed by atoms with E-state index in [0.717, 1.165) is 0 Å². The number of aryl methyl sites for hydroxylation is 1. The van der Waals surface area contributed by atoms with Crippen molar-refractivity contribution in [1.29, 1.82) is 0 Å². The summed E-state index contributed by atoms with van der Waals surface area (Å²) < 4.78 is 14.8. The number of rotatable bonds is 6. The molecule has 0 N–H and O–H groups in total. The van der Waals surface area contributed by atoms with Gasteiger partial charge < -0.3 is 13.9 Å². The fourth-order valence-corrected chi connectivity index (χ4v) is 1.68. The van der Waals surface area contributed by atoms with Crippen molar-refractivity contribution in [1.82, 2.24) is 4.90 Å². The SMILES string of the molecule is CCN(CC(=O)OC)Cc1cc(C(=O)OC)c(C)o1. The third-order valence-corrected chi connectivity index (χ3v) is 2.78. The van der Waals surface area contributed by atoms with Gasteiger partial charge in [0, 0.05) is 0 Å². The summed E-state index contributed by atoms with van der Waals surface area (Å²) in [5.74, 6) is 0.390. The molecule has 0 aliphatic heterocycles. The quantitative estimate of drug-likeness (QED) is 0.726. The monoisotopic (exact) mass is 269 g/mol. The van der Waals surface area contributed by atoms with Crippen LogP contribution in [-0.2, 0) is 20.8 Å². The highest BCUT2D eigenvalue weighted by molar-refractivity contribution is 5.90. The summed E-state index contributed by atoms with van der Waals surface area (Å²) >= 11 is 0. The van der Waals surface area contributed by atoms with Gasteiger partial charge in [0.1, 0.15) is 17.1 Å². The van der Waals surface area contributed by atoms with Gasteiger partial charge in [0.2, 0.25) is 0 Å². The lowest BCUT2D eigenvalue weighted by molar-refractivity contribution is -0.142. The topological polar surface area (TPSA) is 69.0 Å². The molecule has 1 aromatic heterocycles. The summed E-state index contributed by atoms with van der Waals surface area (Å²) in [6.07, 6.45) is 0. The van der Waals surface area contributed by atoms with E-state index >= 15 is 0 Å². The maximum Gasteiger partial charge on any atom is 0.341 e. The molecule has 19 heavy (non-hydrogen) atoms. The number of methoxy groups -OCH3 is 2. The fourth-order valence-electron chi connectivity index (χ4n) is 1.68. The van der Waals surface area contributed by atoms with E-state index in [4.69, 9.17) is 4.42 Å². The van der Waals surface area contributed by atoms with Gasteiger partial charge in [0.05, 0.1) is 27.3 Å². The average Bonchev–Trinajstić information content (AvgIpc) is 2.77. The number of furan rings is 1. The average molecular weight is 269 g/mol. The summed E-state index contributed by atoms with van der Waals surface area (Å²) in [6, 6.07) is 1.64. The van der Waals surface area contributed by atoms with Crippen LogP contribution >= 0.6 is 0 Å². The zero-order valence-electron chi connectivity index (χ0n) is 11.7. The molecule has 0 radical (unpaired) electrons. The number of hydrogen-bond donors (Lipinski definition) is 0. The Bertz CT molecular complexity index is 452. The molecule has 1 heterocycles. The molecule has 0 fully saturated rings. The predicted molar refractivity (Wildman–Crippen MR) is 67.8 cm³/mol. The van der Waals surface area contributed by atoms with E-state index in [1.54, 1.807) is 13.0 Å². The van der Waals surface area contributed by atoms with E-state index in [2.05, 4.69) is 9.47 Å². The van der Waals surface area contributed by atoms with Crippen molar-refractivity contribution in [2.75, 3.05) is 27.3 Å². The second-order valence-electron chi connectivity index (χ2n) is 4.05. The van der Waals surface area contributed by atoms with Crippen LogP contribution in [0.4, 0.5) is 0 Å². The Morgan fingerprint density at radius 1 is 1.32 bits per heavy atom. The van der Waals surface area contributed by atoms with Crippen molar-refractivity contribution in [2.24, 2.45) is 0 Å². The molecule has 0 aliphatic rings. The molecule has 0 amide bonds. The van der Waals surface area contributed by atoms with Crippen molar-refractivity contribution in [2.45, 2.75) is 20.4 Å². The minimum absolute atomic E-state index is 0.181. The van der Waals surface area contributed by atoms with Crippen LogP contribution in [0.2, 0.25) is 0 Å². The summed E-state index contributed by atoms with van der Waals surface area (Å²) in [5.41, 5.74) is 0.409. The Hall–Kier alpha value is -1.82. The van der Waals surface area contributed by atoms with E-state index in [9.17, 15) is 9.59 Å². The van der Waals surface area contributed by atoms with E-state index in [-0.39, 0.29) is 12.5 Å². The molecule has 0 aliphatic carbocycles. The first-order chi connectivity index (χ1) is 9.01. The predicted octanol–water partition coefficient (Wildman–Crippen LogP) is 1.37. The van der Waals surface area contributed by atoms with Crippen LogP contribution in [0, 0.1) is 6.92 Å². The molecule has 0 spiro atoms. The molecule has 0 aromatic carbocycles. The third-order valence-electron chi connectivity index (χ3n) is 2.78. The van der Waals surface area contributed by atoms with Crippen LogP contribution in [-0.4, -0.2) is 44.1 Å². The van der Waals surface area contributed by atoms with Crippen LogP contribution in [0.3, 0.4) is 0 Å². The molecular weight excluding hydrogens is 250 g/mol. The van der Waals surface area contributed by atoms with E-state index < -0.39 is 5.97 Å². The van der Waals surface area contributed by atoms with Crippen LogP contribution < -0.4 is 0 Å². The van der Waals surface area contributed by atoms with Crippen molar-refractivity contribution >= 4 is 11.9 Å². The summed E-state index contributed by atoms with van der Waals surface area (Å²) in [7, 11) is 2.67. The first kappa shape index (κ1) is 15.2. The molecule has 6 nitrogen and oxygen atoms in total. The van der Waals surface area contributed by atoms with Gasteiger partial charge in [-0.25, -0.2) is 4.79 Å². The Balaban J connectivity index is 2.75. The fraction of sp³-hybridized carbons (Fsp3) is 0.538. The molecule has 0 unspecified atom stereocenters.